The zero-order chi connectivity index (χ0) is 12.3. The molecule has 0 aromatic carbocycles. The number of alkyl halides is 3. The number of ether oxygens (including phenoxy) is 2. The Bertz CT molecular complexity index is 442. The van der Waals surface area contributed by atoms with Gasteiger partial charge in [0.2, 0.25) is 5.88 Å². The first-order valence-corrected chi connectivity index (χ1v) is 4.56. The fourth-order valence-electron chi connectivity index (χ4n) is 0.914. The van der Waals surface area contributed by atoms with E-state index in [-0.39, 0.29) is 15.8 Å². The van der Waals surface area contributed by atoms with Crippen molar-refractivity contribution in [2.45, 2.75) is 6.36 Å². The highest BCUT2D eigenvalue weighted by Crippen LogP contribution is 2.37. The largest absolute Gasteiger partial charge is 0.574 e. The summed E-state index contributed by atoms with van der Waals surface area (Å²) in [6, 6.07) is 1.72. The number of methoxy groups -OCH3 is 1. The van der Waals surface area contributed by atoms with E-state index in [4.69, 9.17) is 10.00 Å². The van der Waals surface area contributed by atoms with Crippen LogP contribution in [0.25, 0.3) is 0 Å². The molecular formula is C8H4BrF3N2O2. The fourth-order valence-corrected chi connectivity index (χ4v) is 1.47. The number of hydrogen-bond donors (Lipinski definition) is 0. The van der Waals surface area contributed by atoms with E-state index in [0.717, 1.165) is 6.20 Å². The Hall–Kier alpha value is -1.49. The second kappa shape index (κ2) is 4.57. The number of nitrogens with zero attached hydrogens (tertiary/aromatic N) is 2. The topological polar surface area (TPSA) is 55.1 Å². The SMILES string of the molecule is COc1c(C#N)cnc(OC(F)(F)F)c1Br. The van der Waals surface area contributed by atoms with Gasteiger partial charge in [-0.25, -0.2) is 4.98 Å². The third-order valence-corrected chi connectivity index (χ3v) is 2.18. The standard InChI is InChI=1S/C8H4BrF3N2O2/c1-15-6-4(2-13)3-14-7(5(6)9)16-8(10,11)12/h3H,1H3. The molecule has 8 heteroatoms. The lowest BCUT2D eigenvalue weighted by atomic mass is 10.3. The van der Waals surface area contributed by atoms with Gasteiger partial charge in [0.25, 0.3) is 0 Å². The van der Waals surface area contributed by atoms with E-state index in [2.05, 4.69) is 25.7 Å². The van der Waals surface area contributed by atoms with Crippen LogP contribution in [0.5, 0.6) is 11.6 Å². The van der Waals surface area contributed by atoms with Gasteiger partial charge in [-0.1, -0.05) is 0 Å². The number of halogens is 4. The molecule has 0 N–H and O–H groups in total. The summed E-state index contributed by atoms with van der Waals surface area (Å²) in [4.78, 5) is 3.35. The van der Waals surface area contributed by atoms with E-state index in [0.29, 0.717) is 0 Å². The Morgan fingerprint density at radius 2 is 2.12 bits per heavy atom. The van der Waals surface area contributed by atoms with Crippen LogP contribution in [0.1, 0.15) is 5.56 Å². The minimum Gasteiger partial charge on any atom is -0.494 e. The van der Waals surface area contributed by atoms with Gasteiger partial charge in [0.05, 0.1) is 13.3 Å². The molecule has 0 saturated carbocycles. The highest BCUT2D eigenvalue weighted by molar-refractivity contribution is 9.10. The molecule has 0 fully saturated rings. The van der Waals surface area contributed by atoms with Crippen LogP contribution in [0.4, 0.5) is 13.2 Å². The summed E-state index contributed by atoms with van der Waals surface area (Å²) in [7, 11) is 1.22. The Balaban J connectivity index is 3.20. The molecule has 0 unspecified atom stereocenters. The van der Waals surface area contributed by atoms with E-state index in [1.165, 1.54) is 7.11 Å². The Kier molecular flexibility index (Phi) is 3.59. The average molecular weight is 297 g/mol. The van der Waals surface area contributed by atoms with Crippen LogP contribution in [0.3, 0.4) is 0 Å². The maximum Gasteiger partial charge on any atom is 0.574 e. The lowest BCUT2D eigenvalue weighted by Crippen LogP contribution is -2.18. The number of rotatable bonds is 2. The van der Waals surface area contributed by atoms with Crippen molar-refractivity contribution in [3.8, 4) is 17.7 Å². The summed E-state index contributed by atoms with van der Waals surface area (Å²) in [5.41, 5.74) is 0.00361. The van der Waals surface area contributed by atoms with Gasteiger partial charge in [-0.05, 0) is 15.9 Å². The molecule has 0 aliphatic rings. The summed E-state index contributed by atoms with van der Waals surface area (Å²) >= 11 is 2.82. The molecular weight excluding hydrogens is 293 g/mol. The second-order valence-corrected chi connectivity index (χ2v) is 3.28. The molecule has 86 valence electrons. The summed E-state index contributed by atoms with van der Waals surface area (Å²) < 4.78 is 44.1. The van der Waals surface area contributed by atoms with Crippen LogP contribution in [-0.2, 0) is 0 Å². The first-order chi connectivity index (χ1) is 7.39. The van der Waals surface area contributed by atoms with Gasteiger partial charge in [-0.3, -0.25) is 0 Å². The number of hydrogen-bond acceptors (Lipinski definition) is 4. The summed E-state index contributed by atoms with van der Waals surface area (Å²) in [6.07, 6.45) is -3.92. The zero-order valence-electron chi connectivity index (χ0n) is 7.80. The van der Waals surface area contributed by atoms with Gasteiger partial charge in [0, 0.05) is 0 Å². The molecule has 0 saturated heterocycles. The predicted octanol–water partition coefficient (Wildman–Crippen LogP) is 2.62. The Morgan fingerprint density at radius 3 is 2.56 bits per heavy atom. The molecule has 0 aliphatic heterocycles. The van der Waals surface area contributed by atoms with Crippen LogP contribution < -0.4 is 9.47 Å². The lowest BCUT2D eigenvalue weighted by molar-refractivity contribution is -0.276. The van der Waals surface area contributed by atoms with Gasteiger partial charge in [-0.15, -0.1) is 13.2 Å². The average Bonchev–Trinajstić information content (AvgIpc) is 2.19. The highest BCUT2D eigenvalue weighted by Gasteiger charge is 2.33. The fraction of sp³-hybridized carbons (Fsp3) is 0.250. The molecule has 1 heterocycles. The Labute approximate surface area is 96.7 Å². The first-order valence-electron chi connectivity index (χ1n) is 3.77. The van der Waals surface area contributed by atoms with E-state index in [9.17, 15) is 13.2 Å². The van der Waals surface area contributed by atoms with Crippen molar-refractivity contribution >= 4 is 15.9 Å². The van der Waals surface area contributed by atoms with Crippen molar-refractivity contribution in [3.05, 3.63) is 16.2 Å². The number of pyridine rings is 1. The molecule has 1 rings (SSSR count). The quantitative estimate of drug-likeness (QED) is 0.842. The first kappa shape index (κ1) is 12.6. The van der Waals surface area contributed by atoms with Crippen molar-refractivity contribution in [1.82, 2.24) is 4.98 Å². The molecule has 0 amide bonds. The summed E-state index contributed by atoms with van der Waals surface area (Å²) in [5, 5.41) is 8.64. The van der Waals surface area contributed by atoms with Crippen molar-refractivity contribution in [2.75, 3.05) is 7.11 Å². The molecule has 0 bridgehead atoms. The maximum absolute atomic E-state index is 12.0. The van der Waals surface area contributed by atoms with Gasteiger partial charge in [-0.2, -0.15) is 5.26 Å². The van der Waals surface area contributed by atoms with Crippen molar-refractivity contribution < 1.29 is 22.6 Å². The smallest absolute Gasteiger partial charge is 0.494 e. The van der Waals surface area contributed by atoms with Gasteiger partial charge in [0.15, 0.2) is 5.75 Å². The van der Waals surface area contributed by atoms with Crippen molar-refractivity contribution in [3.63, 3.8) is 0 Å². The molecule has 0 aliphatic carbocycles. The minimum absolute atomic E-state index is 0.00361. The molecule has 0 spiro atoms. The third kappa shape index (κ3) is 2.76. The monoisotopic (exact) mass is 296 g/mol. The van der Waals surface area contributed by atoms with Crippen molar-refractivity contribution in [2.24, 2.45) is 0 Å². The van der Waals surface area contributed by atoms with E-state index in [1.807, 2.05) is 0 Å². The molecule has 1 aromatic rings. The van der Waals surface area contributed by atoms with Crippen LogP contribution in [0.15, 0.2) is 10.7 Å². The second-order valence-electron chi connectivity index (χ2n) is 2.48. The molecule has 16 heavy (non-hydrogen) atoms. The van der Waals surface area contributed by atoms with Crippen LogP contribution >= 0.6 is 15.9 Å². The normalized spacial score (nSPS) is 10.8. The maximum atomic E-state index is 12.0. The highest BCUT2D eigenvalue weighted by atomic mass is 79.9. The molecule has 1 aromatic heterocycles. The zero-order valence-corrected chi connectivity index (χ0v) is 9.39. The Morgan fingerprint density at radius 1 is 1.50 bits per heavy atom. The lowest BCUT2D eigenvalue weighted by Gasteiger charge is -2.11. The van der Waals surface area contributed by atoms with Gasteiger partial charge < -0.3 is 9.47 Å². The third-order valence-electron chi connectivity index (χ3n) is 1.48. The van der Waals surface area contributed by atoms with Crippen LogP contribution in [0.2, 0.25) is 0 Å². The van der Waals surface area contributed by atoms with Gasteiger partial charge in [0.1, 0.15) is 16.1 Å². The summed E-state index contributed by atoms with van der Waals surface area (Å²) in [6.45, 7) is 0. The number of aromatic nitrogens is 1. The van der Waals surface area contributed by atoms with Gasteiger partial charge >= 0.3 is 6.36 Å². The summed E-state index contributed by atoms with van der Waals surface area (Å²) in [5.74, 6) is -0.764. The molecule has 4 nitrogen and oxygen atoms in total. The van der Waals surface area contributed by atoms with E-state index >= 15 is 0 Å². The molecule has 0 radical (unpaired) electrons. The van der Waals surface area contributed by atoms with Crippen molar-refractivity contribution in [1.29, 1.82) is 5.26 Å². The predicted molar refractivity (Wildman–Crippen MR) is 49.9 cm³/mol. The number of nitriles is 1. The van der Waals surface area contributed by atoms with Crippen LogP contribution in [-0.4, -0.2) is 18.5 Å². The van der Waals surface area contributed by atoms with Crippen LogP contribution in [0, 0.1) is 11.3 Å². The van der Waals surface area contributed by atoms with E-state index in [1.54, 1.807) is 6.07 Å². The van der Waals surface area contributed by atoms with E-state index < -0.39 is 12.2 Å². The minimum atomic E-state index is -4.85. The molecule has 0 atom stereocenters.